The van der Waals surface area contributed by atoms with Gasteiger partial charge in [-0.1, -0.05) is 102 Å². The highest BCUT2D eigenvalue weighted by Gasteiger charge is 2.00. The fourth-order valence-electron chi connectivity index (χ4n) is 2.85. The van der Waals surface area contributed by atoms with Crippen molar-refractivity contribution < 1.29 is 13.2 Å². The summed E-state index contributed by atoms with van der Waals surface area (Å²) in [5, 5.41) is 4.79. The van der Waals surface area contributed by atoms with Crippen LogP contribution in [0.1, 0.15) is 22.3 Å². The van der Waals surface area contributed by atoms with Crippen LogP contribution in [0, 0.1) is 24.4 Å². The highest BCUT2D eigenvalue weighted by Crippen LogP contribution is 2.20. The second kappa shape index (κ2) is 13.8. The lowest BCUT2D eigenvalue weighted by molar-refractivity contribution is 0.577. The second-order valence-electron chi connectivity index (χ2n) is 6.85. The van der Waals surface area contributed by atoms with Crippen LogP contribution in [-0.4, -0.2) is 0 Å². The molecule has 0 atom stereocenters. The SMILES string of the molecule is BrCc1cccc2ccccc12.Cc1cc(F)ccc1CBr.Fc1ccc(CBr)c(F)c1. The van der Waals surface area contributed by atoms with Crippen molar-refractivity contribution in [3.63, 3.8) is 0 Å². The molecule has 0 nitrogen and oxygen atoms in total. The average molecular weight is 631 g/mol. The van der Waals surface area contributed by atoms with Gasteiger partial charge in [0.15, 0.2) is 0 Å². The van der Waals surface area contributed by atoms with Crippen LogP contribution in [0.25, 0.3) is 10.8 Å². The third-order valence-corrected chi connectivity index (χ3v) is 6.44. The predicted molar refractivity (Wildman–Crippen MR) is 139 cm³/mol. The van der Waals surface area contributed by atoms with E-state index in [9.17, 15) is 13.2 Å². The van der Waals surface area contributed by atoms with Crippen LogP contribution < -0.4 is 0 Å². The van der Waals surface area contributed by atoms with E-state index in [2.05, 4.69) is 90.3 Å². The monoisotopic (exact) mass is 628 g/mol. The van der Waals surface area contributed by atoms with Gasteiger partial charge < -0.3 is 0 Å². The molecule has 0 aliphatic carbocycles. The number of hydrogen-bond acceptors (Lipinski definition) is 0. The second-order valence-corrected chi connectivity index (χ2v) is 8.53. The van der Waals surface area contributed by atoms with Gasteiger partial charge in [-0.05, 0) is 58.1 Å². The summed E-state index contributed by atoms with van der Waals surface area (Å²) in [6.45, 7) is 1.90. The molecule has 0 fully saturated rings. The molecule has 0 aliphatic heterocycles. The largest absolute Gasteiger partial charge is 0.207 e. The summed E-state index contributed by atoms with van der Waals surface area (Å²) in [4.78, 5) is 0. The molecule has 0 heterocycles. The van der Waals surface area contributed by atoms with Gasteiger partial charge in [0.1, 0.15) is 17.5 Å². The molecule has 0 unspecified atom stereocenters. The lowest BCUT2D eigenvalue weighted by atomic mass is 10.1. The highest BCUT2D eigenvalue weighted by atomic mass is 79.9. The molecule has 6 heteroatoms. The van der Waals surface area contributed by atoms with E-state index in [-0.39, 0.29) is 5.82 Å². The lowest BCUT2D eigenvalue weighted by Crippen LogP contribution is -1.85. The topological polar surface area (TPSA) is 0 Å². The number of hydrogen-bond donors (Lipinski definition) is 0. The number of halogens is 6. The Hall–Kier alpha value is -1.63. The molecule has 0 saturated heterocycles. The summed E-state index contributed by atoms with van der Waals surface area (Å²) in [7, 11) is 0. The Kier molecular flexibility index (Phi) is 11.5. The van der Waals surface area contributed by atoms with Crippen LogP contribution >= 0.6 is 47.8 Å². The Balaban J connectivity index is 0.000000171. The Labute approximate surface area is 212 Å². The number of aryl methyl sites for hydroxylation is 1. The van der Waals surface area contributed by atoms with Crippen molar-refractivity contribution in [3.8, 4) is 0 Å². The Morgan fingerprint density at radius 3 is 1.75 bits per heavy atom. The van der Waals surface area contributed by atoms with Crippen molar-refractivity contribution in [3.05, 3.63) is 119 Å². The molecule has 0 aromatic heterocycles. The van der Waals surface area contributed by atoms with Crippen molar-refractivity contribution in [1.29, 1.82) is 0 Å². The molecule has 0 bridgehead atoms. The summed E-state index contributed by atoms with van der Waals surface area (Å²) in [6.07, 6.45) is 0. The van der Waals surface area contributed by atoms with E-state index in [1.807, 2.05) is 6.92 Å². The molecule has 168 valence electrons. The minimum Gasteiger partial charge on any atom is -0.207 e. The van der Waals surface area contributed by atoms with Gasteiger partial charge >= 0.3 is 0 Å². The van der Waals surface area contributed by atoms with Crippen LogP contribution in [0.5, 0.6) is 0 Å². The molecule has 4 aromatic rings. The van der Waals surface area contributed by atoms with Crippen LogP contribution in [0.4, 0.5) is 13.2 Å². The van der Waals surface area contributed by atoms with Gasteiger partial charge in [-0.15, -0.1) is 0 Å². The first-order chi connectivity index (χ1) is 15.4. The maximum absolute atomic E-state index is 12.6. The average Bonchev–Trinajstić information content (AvgIpc) is 2.80. The first-order valence-corrected chi connectivity index (χ1v) is 13.1. The van der Waals surface area contributed by atoms with E-state index in [0.717, 1.165) is 27.9 Å². The molecule has 4 aromatic carbocycles. The molecule has 4 rings (SSSR count). The quantitative estimate of drug-likeness (QED) is 0.198. The smallest absolute Gasteiger partial charge is 0.130 e. The van der Waals surface area contributed by atoms with Gasteiger partial charge in [0.2, 0.25) is 0 Å². The first-order valence-electron chi connectivity index (χ1n) is 9.73. The van der Waals surface area contributed by atoms with Gasteiger partial charge in [-0.2, -0.15) is 0 Å². The van der Waals surface area contributed by atoms with Crippen molar-refractivity contribution in [2.24, 2.45) is 0 Å². The zero-order valence-corrected chi connectivity index (χ0v) is 22.2. The van der Waals surface area contributed by atoms with E-state index in [0.29, 0.717) is 10.9 Å². The first kappa shape index (κ1) is 26.6. The fourth-order valence-corrected chi connectivity index (χ4v) is 4.42. The minimum absolute atomic E-state index is 0.165. The summed E-state index contributed by atoms with van der Waals surface area (Å²) in [6, 6.07) is 23.2. The fraction of sp³-hybridized carbons (Fsp3) is 0.154. The summed E-state index contributed by atoms with van der Waals surface area (Å²) in [5.41, 5.74) is 3.97. The maximum atomic E-state index is 12.6. The summed E-state index contributed by atoms with van der Waals surface area (Å²) in [5.74, 6) is -1.21. The van der Waals surface area contributed by atoms with E-state index in [4.69, 9.17) is 0 Å². The normalized spacial score (nSPS) is 10.1. The van der Waals surface area contributed by atoms with Crippen LogP contribution in [0.15, 0.2) is 78.9 Å². The number of fused-ring (bicyclic) bond motifs is 1. The molecular formula is C26H22Br3F3. The van der Waals surface area contributed by atoms with E-state index in [1.165, 1.54) is 40.6 Å². The molecule has 0 saturated carbocycles. The zero-order chi connectivity index (χ0) is 23.5. The Morgan fingerprint density at radius 2 is 1.16 bits per heavy atom. The van der Waals surface area contributed by atoms with Crippen molar-refractivity contribution in [2.75, 3.05) is 0 Å². The van der Waals surface area contributed by atoms with Crippen molar-refractivity contribution in [1.82, 2.24) is 0 Å². The number of benzene rings is 4. The van der Waals surface area contributed by atoms with Crippen LogP contribution in [0.3, 0.4) is 0 Å². The standard InChI is InChI=1S/C11H9Br.C8H8BrF.C7H5BrF2/c12-8-10-6-3-5-9-4-1-2-7-11(9)10;1-6-4-8(10)3-2-7(6)5-9;8-4-5-1-2-6(9)3-7(5)10/h1-7H,8H2;2-4H,5H2,1H3;1-3H,4H2. The lowest BCUT2D eigenvalue weighted by Gasteiger charge is -2.01. The number of rotatable bonds is 3. The highest BCUT2D eigenvalue weighted by molar-refractivity contribution is 9.09. The Bertz CT molecular complexity index is 1090. The van der Waals surface area contributed by atoms with Crippen LogP contribution in [0.2, 0.25) is 0 Å². The maximum Gasteiger partial charge on any atom is 0.130 e. The minimum atomic E-state index is -0.540. The molecule has 0 aliphatic rings. The number of alkyl halides is 3. The Morgan fingerprint density at radius 1 is 0.594 bits per heavy atom. The predicted octanol–water partition coefficient (Wildman–Crippen LogP) is 9.62. The van der Waals surface area contributed by atoms with Crippen molar-refractivity contribution in [2.45, 2.75) is 22.9 Å². The van der Waals surface area contributed by atoms with E-state index >= 15 is 0 Å². The molecule has 32 heavy (non-hydrogen) atoms. The summed E-state index contributed by atoms with van der Waals surface area (Å²) >= 11 is 9.86. The van der Waals surface area contributed by atoms with Crippen molar-refractivity contribution >= 4 is 58.6 Å². The summed E-state index contributed by atoms with van der Waals surface area (Å²) < 4.78 is 37.3. The van der Waals surface area contributed by atoms with Gasteiger partial charge in [0.25, 0.3) is 0 Å². The van der Waals surface area contributed by atoms with Crippen LogP contribution in [-0.2, 0) is 16.0 Å². The van der Waals surface area contributed by atoms with Gasteiger partial charge in [0, 0.05) is 22.1 Å². The van der Waals surface area contributed by atoms with Gasteiger partial charge in [0.05, 0.1) is 0 Å². The third kappa shape index (κ3) is 8.05. The zero-order valence-electron chi connectivity index (χ0n) is 17.4. The van der Waals surface area contributed by atoms with E-state index in [1.54, 1.807) is 6.07 Å². The molecule has 0 N–H and O–H groups in total. The molecule has 0 spiro atoms. The van der Waals surface area contributed by atoms with Gasteiger partial charge in [-0.25, -0.2) is 13.2 Å². The molecular weight excluding hydrogens is 609 g/mol. The van der Waals surface area contributed by atoms with Gasteiger partial charge in [-0.3, -0.25) is 0 Å². The van der Waals surface area contributed by atoms with E-state index < -0.39 is 11.6 Å². The third-order valence-electron chi connectivity index (χ3n) is 4.63. The molecule has 0 amide bonds. The molecule has 0 radical (unpaired) electrons.